The first-order chi connectivity index (χ1) is 14.6. The number of carbonyl (C=O) groups is 1. The Morgan fingerprint density at radius 1 is 1.23 bits per heavy atom. The number of benzene rings is 2. The lowest BCUT2D eigenvalue weighted by molar-refractivity contribution is -0.116. The molecule has 10 nitrogen and oxygen atoms in total. The van der Waals surface area contributed by atoms with E-state index in [0.717, 1.165) is 17.7 Å². The van der Waals surface area contributed by atoms with Gasteiger partial charge in [-0.05, 0) is 24.1 Å². The Hall–Kier alpha value is -2.99. The fraction of sp³-hybridized carbons (Fsp3) is 0.211. The third kappa shape index (κ3) is 6.01. The second-order valence-corrected chi connectivity index (χ2v) is 8.49. The molecular formula is C19H19ClN4O6S. The Morgan fingerprint density at radius 2 is 1.94 bits per heavy atom. The van der Waals surface area contributed by atoms with Crippen LogP contribution in [0.3, 0.4) is 0 Å². The van der Waals surface area contributed by atoms with Gasteiger partial charge in [-0.2, -0.15) is 8.42 Å². The molecule has 1 heterocycles. The molecule has 0 aliphatic carbocycles. The Kier molecular flexibility index (Phi) is 6.91. The first kappa shape index (κ1) is 22.7. The predicted molar refractivity (Wildman–Crippen MR) is 111 cm³/mol. The van der Waals surface area contributed by atoms with E-state index in [1.165, 1.54) is 0 Å². The van der Waals surface area contributed by atoms with Gasteiger partial charge in [0.05, 0.1) is 18.2 Å². The van der Waals surface area contributed by atoms with Gasteiger partial charge in [0.15, 0.2) is 5.75 Å². The van der Waals surface area contributed by atoms with Crippen LogP contribution in [0.2, 0.25) is 5.02 Å². The van der Waals surface area contributed by atoms with E-state index in [-0.39, 0.29) is 29.4 Å². The molecule has 1 atom stereocenters. The van der Waals surface area contributed by atoms with Crippen LogP contribution in [0.15, 0.2) is 51.8 Å². The lowest BCUT2D eigenvalue weighted by Gasteiger charge is -2.11. The predicted octanol–water partition coefficient (Wildman–Crippen LogP) is 2.68. The average molecular weight is 467 g/mol. The average Bonchev–Trinajstić information content (AvgIpc) is 3.17. The van der Waals surface area contributed by atoms with Gasteiger partial charge >= 0.3 is 0 Å². The summed E-state index contributed by atoms with van der Waals surface area (Å²) < 4.78 is 37.3. The molecule has 0 radical (unpaired) electrons. The monoisotopic (exact) mass is 466 g/mol. The van der Waals surface area contributed by atoms with Gasteiger partial charge in [-0.25, -0.2) is 0 Å². The topological polar surface area (TPSA) is 169 Å². The zero-order valence-electron chi connectivity index (χ0n) is 16.0. The van der Waals surface area contributed by atoms with Crippen LogP contribution < -0.4 is 11.1 Å². The SMILES string of the molecule is N[C@H](CCC(=O)Nc1cc(Cl)cc(S(=O)(=O)O)c1O)c1nnc(Cc2ccccc2)o1. The van der Waals surface area contributed by atoms with Gasteiger partial charge in [0.1, 0.15) is 4.90 Å². The summed E-state index contributed by atoms with van der Waals surface area (Å²) in [6.45, 7) is 0. The number of carbonyl (C=O) groups excluding carboxylic acids is 1. The molecule has 3 aromatic rings. The van der Waals surface area contributed by atoms with Crippen LogP contribution in [0.1, 0.15) is 36.2 Å². The molecule has 1 amide bonds. The van der Waals surface area contributed by atoms with E-state index in [0.29, 0.717) is 12.3 Å². The van der Waals surface area contributed by atoms with Gasteiger partial charge in [0, 0.05) is 11.4 Å². The van der Waals surface area contributed by atoms with E-state index >= 15 is 0 Å². The maximum absolute atomic E-state index is 12.2. The largest absolute Gasteiger partial charge is 0.504 e. The van der Waals surface area contributed by atoms with Gasteiger partial charge in [0.2, 0.25) is 17.7 Å². The third-order valence-corrected chi connectivity index (χ3v) is 5.36. The molecule has 0 saturated carbocycles. The molecule has 0 bridgehead atoms. The summed E-state index contributed by atoms with van der Waals surface area (Å²) in [5, 5.41) is 20.1. The molecule has 2 aromatic carbocycles. The Morgan fingerprint density at radius 3 is 2.61 bits per heavy atom. The number of aromatic nitrogens is 2. The number of hydrogen-bond acceptors (Lipinski definition) is 8. The van der Waals surface area contributed by atoms with E-state index in [2.05, 4.69) is 15.5 Å². The lowest BCUT2D eigenvalue weighted by atomic mass is 10.1. The van der Waals surface area contributed by atoms with E-state index in [1.807, 2.05) is 30.3 Å². The number of aromatic hydroxyl groups is 1. The van der Waals surface area contributed by atoms with Crippen LogP contribution in [0.4, 0.5) is 5.69 Å². The van der Waals surface area contributed by atoms with Crippen LogP contribution in [-0.4, -0.2) is 34.2 Å². The molecular weight excluding hydrogens is 448 g/mol. The molecule has 5 N–H and O–H groups in total. The number of rotatable bonds is 8. The maximum Gasteiger partial charge on any atom is 0.298 e. The summed E-state index contributed by atoms with van der Waals surface area (Å²) in [7, 11) is -4.73. The van der Waals surface area contributed by atoms with E-state index < -0.39 is 32.7 Å². The van der Waals surface area contributed by atoms with Gasteiger partial charge < -0.3 is 20.6 Å². The molecule has 0 fully saturated rings. The Balaban J connectivity index is 1.60. The summed E-state index contributed by atoms with van der Waals surface area (Å²) in [6, 6.07) is 10.8. The second kappa shape index (κ2) is 9.43. The van der Waals surface area contributed by atoms with Gasteiger partial charge in [-0.3, -0.25) is 9.35 Å². The molecule has 3 rings (SSSR count). The zero-order valence-corrected chi connectivity index (χ0v) is 17.6. The number of hydrogen-bond donors (Lipinski definition) is 4. The summed E-state index contributed by atoms with van der Waals surface area (Å²) in [4.78, 5) is 11.4. The van der Waals surface area contributed by atoms with Crippen molar-refractivity contribution in [1.29, 1.82) is 0 Å². The summed E-state index contributed by atoms with van der Waals surface area (Å²) >= 11 is 5.79. The minimum absolute atomic E-state index is 0.0925. The number of phenolic OH excluding ortho intramolecular Hbond substituents is 1. The van der Waals surface area contributed by atoms with Crippen molar-refractivity contribution in [3.63, 3.8) is 0 Å². The second-order valence-electron chi connectivity index (χ2n) is 6.66. The first-order valence-corrected chi connectivity index (χ1v) is 10.9. The Bertz CT molecular complexity index is 1180. The van der Waals surface area contributed by atoms with Gasteiger partial charge in [-0.15, -0.1) is 10.2 Å². The minimum Gasteiger partial charge on any atom is -0.504 e. The molecule has 0 saturated heterocycles. The van der Waals surface area contributed by atoms with Crippen molar-refractivity contribution in [3.05, 3.63) is 64.8 Å². The lowest BCUT2D eigenvalue weighted by Crippen LogP contribution is -2.17. The molecule has 1 aromatic heterocycles. The highest BCUT2D eigenvalue weighted by Gasteiger charge is 2.22. The number of amides is 1. The molecule has 0 spiro atoms. The zero-order chi connectivity index (χ0) is 22.6. The van der Waals surface area contributed by atoms with Crippen molar-refractivity contribution in [2.45, 2.75) is 30.2 Å². The molecule has 31 heavy (non-hydrogen) atoms. The maximum atomic E-state index is 12.2. The number of nitrogens with one attached hydrogen (secondary N) is 1. The molecule has 164 valence electrons. The minimum atomic E-state index is -4.73. The van der Waals surface area contributed by atoms with Crippen LogP contribution in [0, 0.1) is 0 Å². The van der Waals surface area contributed by atoms with E-state index in [1.54, 1.807) is 0 Å². The van der Waals surface area contributed by atoms with Crippen LogP contribution in [-0.2, 0) is 21.3 Å². The number of nitrogens with zero attached hydrogens (tertiary/aromatic N) is 2. The molecule has 0 aliphatic heterocycles. The van der Waals surface area contributed by atoms with Crippen molar-refractivity contribution in [3.8, 4) is 5.75 Å². The number of phenols is 1. The van der Waals surface area contributed by atoms with Crippen molar-refractivity contribution in [2.24, 2.45) is 5.73 Å². The van der Waals surface area contributed by atoms with Crippen LogP contribution in [0.5, 0.6) is 5.75 Å². The number of anilines is 1. The van der Waals surface area contributed by atoms with E-state index in [4.69, 9.17) is 26.3 Å². The normalized spacial score (nSPS) is 12.5. The summed E-state index contributed by atoms with van der Waals surface area (Å²) in [5.41, 5.74) is 6.75. The van der Waals surface area contributed by atoms with Gasteiger partial charge in [-0.1, -0.05) is 41.9 Å². The summed E-state index contributed by atoms with van der Waals surface area (Å²) in [5.74, 6) is -0.828. The smallest absolute Gasteiger partial charge is 0.298 e. The first-order valence-electron chi connectivity index (χ1n) is 9.05. The fourth-order valence-electron chi connectivity index (χ4n) is 2.75. The van der Waals surface area contributed by atoms with Crippen molar-refractivity contribution in [1.82, 2.24) is 10.2 Å². The third-order valence-electron chi connectivity index (χ3n) is 4.27. The van der Waals surface area contributed by atoms with E-state index in [9.17, 15) is 18.3 Å². The molecule has 0 unspecified atom stereocenters. The van der Waals surface area contributed by atoms with Crippen LogP contribution >= 0.6 is 11.6 Å². The highest BCUT2D eigenvalue weighted by atomic mass is 35.5. The number of halogens is 1. The molecule has 12 heteroatoms. The summed E-state index contributed by atoms with van der Waals surface area (Å²) in [6.07, 6.45) is 0.501. The highest BCUT2D eigenvalue weighted by Crippen LogP contribution is 2.34. The standard InChI is InChI=1S/C19H19ClN4O6S/c20-12-9-14(18(26)15(10-12)31(27,28)29)22-16(25)7-6-13(21)19-24-23-17(30-19)8-11-4-2-1-3-5-11/h1-5,9-10,13,26H,6-8,21H2,(H,22,25)(H,27,28,29)/t13-/m1/s1. The Labute approximate surface area is 182 Å². The highest BCUT2D eigenvalue weighted by molar-refractivity contribution is 7.86. The number of nitrogens with two attached hydrogens (primary N) is 1. The van der Waals surface area contributed by atoms with Crippen molar-refractivity contribution >= 4 is 33.3 Å². The molecule has 0 aliphatic rings. The van der Waals surface area contributed by atoms with Gasteiger partial charge in [0.25, 0.3) is 10.1 Å². The fourth-order valence-corrected chi connectivity index (χ4v) is 3.66. The van der Waals surface area contributed by atoms with Crippen LogP contribution in [0.25, 0.3) is 0 Å². The van der Waals surface area contributed by atoms with Crippen molar-refractivity contribution in [2.75, 3.05) is 5.32 Å². The van der Waals surface area contributed by atoms with Crippen molar-refractivity contribution < 1.29 is 27.3 Å². The quantitative estimate of drug-likeness (QED) is 0.288.